The first-order valence-electron chi connectivity index (χ1n) is 8.73. The molecule has 124 valence electrons. The van der Waals surface area contributed by atoms with Gasteiger partial charge in [0.2, 0.25) is 0 Å². The molecule has 0 fully saturated rings. The molecule has 2 heteroatoms. The van der Waals surface area contributed by atoms with Crippen molar-refractivity contribution in [2.24, 2.45) is 11.3 Å². The van der Waals surface area contributed by atoms with Gasteiger partial charge in [0.1, 0.15) is 0 Å². The summed E-state index contributed by atoms with van der Waals surface area (Å²) in [7, 11) is 0. The third kappa shape index (κ3) is 5.46. The number of rotatable bonds is 6. The van der Waals surface area contributed by atoms with Crippen LogP contribution in [0, 0.1) is 11.3 Å². The highest BCUT2D eigenvalue weighted by Gasteiger charge is 2.18. The van der Waals surface area contributed by atoms with E-state index in [0.717, 1.165) is 19.3 Å². The number of aromatic nitrogens is 2. The van der Waals surface area contributed by atoms with Crippen LogP contribution in [-0.2, 0) is 12.8 Å². The van der Waals surface area contributed by atoms with Crippen molar-refractivity contribution < 1.29 is 0 Å². The van der Waals surface area contributed by atoms with Crippen molar-refractivity contribution in [3.8, 4) is 0 Å². The van der Waals surface area contributed by atoms with Crippen molar-refractivity contribution in [2.45, 2.75) is 59.8 Å². The predicted molar refractivity (Wildman–Crippen MR) is 97.5 cm³/mol. The van der Waals surface area contributed by atoms with Crippen molar-refractivity contribution in [3.63, 3.8) is 0 Å². The number of pyridine rings is 2. The van der Waals surface area contributed by atoms with Gasteiger partial charge in [-0.15, -0.1) is 0 Å². The van der Waals surface area contributed by atoms with Crippen LogP contribution in [-0.4, -0.2) is 9.97 Å². The molecule has 2 aromatic rings. The largest absolute Gasteiger partial charge is 0.265 e. The smallest absolute Gasteiger partial charge is 0.0406 e. The average Bonchev–Trinajstić information content (AvgIpc) is 2.50. The highest BCUT2D eigenvalue weighted by Crippen LogP contribution is 2.29. The fraction of sp³-hybridized carbons (Fsp3) is 0.524. The van der Waals surface area contributed by atoms with E-state index in [1.807, 2.05) is 12.4 Å². The van der Waals surface area contributed by atoms with Gasteiger partial charge in [0.15, 0.2) is 0 Å². The van der Waals surface area contributed by atoms with Gasteiger partial charge in [-0.2, -0.15) is 0 Å². The zero-order valence-corrected chi connectivity index (χ0v) is 15.2. The van der Waals surface area contributed by atoms with E-state index >= 15 is 0 Å². The van der Waals surface area contributed by atoms with Crippen LogP contribution in [0.15, 0.2) is 42.9 Å². The van der Waals surface area contributed by atoms with Crippen LogP contribution in [0.25, 0.3) is 0 Å². The van der Waals surface area contributed by atoms with Gasteiger partial charge in [0.25, 0.3) is 0 Å². The maximum atomic E-state index is 4.70. The predicted octanol–water partition coefficient (Wildman–Crippen LogP) is 5.44. The van der Waals surface area contributed by atoms with Crippen LogP contribution in [0.3, 0.4) is 0 Å². The van der Waals surface area contributed by atoms with Gasteiger partial charge < -0.3 is 0 Å². The molecular weight excluding hydrogens is 280 g/mol. The Bertz CT molecular complexity index is 581. The minimum Gasteiger partial charge on any atom is -0.265 e. The van der Waals surface area contributed by atoms with Crippen LogP contribution >= 0.6 is 0 Å². The molecule has 0 aliphatic carbocycles. The summed E-state index contributed by atoms with van der Waals surface area (Å²) < 4.78 is 0. The van der Waals surface area contributed by atoms with Crippen molar-refractivity contribution in [1.29, 1.82) is 0 Å². The van der Waals surface area contributed by atoms with Gasteiger partial charge in [0, 0.05) is 24.3 Å². The Morgan fingerprint density at radius 1 is 1.04 bits per heavy atom. The standard InChI is InChI=1S/C21H30N2/c1-6-20(18-9-11-22-12-10-18)16(2)13-19-8-7-17(15-23-19)14-21(3,4)5/h7-12,15-16,20H,6,13-14H2,1-5H3. The van der Waals surface area contributed by atoms with E-state index in [-0.39, 0.29) is 0 Å². The van der Waals surface area contributed by atoms with Crippen LogP contribution in [0.4, 0.5) is 0 Å². The van der Waals surface area contributed by atoms with Crippen LogP contribution in [0.2, 0.25) is 0 Å². The van der Waals surface area contributed by atoms with Gasteiger partial charge in [-0.25, -0.2) is 0 Å². The lowest BCUT2D eigenvalue weighted by molar-refractivity contribution is 0.410. The summed E-state index contributed by atoms with van der Waals surface area (Å²) >= 11 is 0. The van der Waals surface area contributed by atoms with Gasteiger partial charge in [0.05, 0.1) is 0 Å². The van der Waals surface area contributed by atoms with Crippen molar-refractivity contribution in [1.82, 2.24) is 9.97 Å². The van der Waals surface area contributed by atoms with Crippen molar-refractivity contribution in [3.05, 3.63) is 59.7 Å². The number of hydrogen-bond acceptors (Lipinski definition) is 2. The molecule has 0 saturated carbocycles. The summed E-state index contributed by atoms with van der Waals surface area (Å²) in [5.74, 6) is 1.14. The molecule has 0 N–H and O–H groups in total. The van der Waals surface area contributed by atoms with Crippen LogP contribution < -0.4 is 0 Å². The first-order valence-corrected chi connectivity index (χ1v) is 8.73. The summed E-state index contributed by atoms with van der Waals surface area (Å²) in [6, 6.07) is 8.74. The lowest BCUT2D eigenvalue weighted by Gasteiger charge is -2.23. The molecule has 2 nitrogen and oxygen atoms in total. The highest BCUT2D eigenvalue weighted by molar-refractivity contribution is 5.19. The van der Waals surface area contributed by atoms with Gasteiger partial charge in [-0.3, -0.25) is 9.97 Å². The molecule has 0 saturated heterocycles. The lowest BCUT2D eigenvalue weighted by Crippen LogP contribution is -2.13. The van der Waals surface area contributed by atoms with E-state index in [4.69, 9.17) is 4.98 Å². The summed E-state index contributed by atoms with van der Waals surface area (Å²) in [4.78, 5) is 8.83. The van der Waals surface area contributed by atoms with Gasteiger partial charge >= 0.3 is 0 Å². The van der Waals surface area contributed by atoms with Crippen LogP contribution in [0.5, 0.6) is 0 Å². The van der Waals surface area contributed by atoms with Crippen molar-refractivity contribution in [2.75, 3.05) is 0 Å². The zero-order chi connectivity index (χ0) is 16.9. The van der Waals surface area contributed by atoms with E-state index in [1.54, 1.807) is 0 Å². The van der Waals surface area contributed by atoms with Crippen molar-refractivity contribution >= 4 is 0 Å². The summed E-state index contributed by atoms with van der Waals surface area (Å²) in [5.41, 5.74) is 4.22. The lowest BCUT2D eigenvalue weighted by atomic mass is 9.83. The van der Waals surface area contributed by atoms with E-state index in [2.05, 4.69) is 70.1 Å². The monoisotopic (exact) mass is 310 g/mol. The molecule has 0 spiro atoms. The second-order valence-electron chi connectivity index (χ2n) is 7.87. The Morgan fingerprint density at radius 2 is 1.74 bits per heavy atom. The fourth-order valence-corrected chi connectivity index (χ4v) is 3.34. The molecule has 0 aliphatic rings. The Labute approximate surface area is 141 Å². The summed E-state index contributed by atoms with van der Waals surface area (Å²) in [5, 5.41) is 0. The maximum Gasteiger partial charge on any atom is 0.0406 e. The molecule has 2 unspecified atom stereocenters. The second-order valence-corrected chi connectivity index (χ2v) is 7.87. The van der Waals surface area contributed by atoms with Crippen LogP contribution in [0.1, 0.15) is 63.8 Å². The minimum absolute atomic E-state index is 0.311. The fourth-order valence-electron chi connectivity index (χ4n) is 3.34. The summed E-state index contributed by atoms with van der Waals surface area (Å²) in [6.45, 7) is 11.4. The molecule has 2 atom stereocenters. The normalized spacial score (nSPS) is 14.5. The number of nitrogens with zero attached hydrogens (tertiary/aromatic N) is 2. The molecule has 0 radical (unpaired) electrons. The Balaban J connectivity index is 2.03. The summed E-state index contributed by atoms with van der Waals surface area (Å²) in [6.07, 6.45) is 9.09. The number of hydrogen-bond donors (Lipinski definition) is 0. The first kappa shape index (κ1) is 17.7. The molecule has 2 aromatic heterocycles. The molecule has 2 heterocycles. The minimum atomic E-state index is 0.311. The third-order valence-electron chi connectivity index (χ3n) is 4.41. The molecular formula is C21H30N2. The van der Waals surface area contributed by atoms with E-state index < -0.39 is 0 Å². The highest BCUT2D eigenvalue weighted by atomic mass is 14.7. The van der Waals surface area contributed by atoms with Gasteiger partial charge in [-0.1, -0.05) is 40.7 Å². The third-order valence-corrected chi connectivity index (χ3v) is 4.41. The molecule has 0 bridgehead atoms. The Kier molecular flexibility index (Phi) is 5.92. The topological polar surface area (TPSA) is 25.8 Å². The van der Waals surface area contributed by atoms with E-state index in [0.29, 0.717) is 17.3 Å². The quantitative estimate of drug-likeness (QED) is 0.710. The SMILES string of the molecule is CCC(c1ccncc1)C(C)Cc1ccc(CC(C)(C)C)cn1. The Hall–Kier alpha value is -1.70. The molecule has 23 heavy (non-hydrogen) atoms. The average molecular weight is 310 g/mol. The Morgan fingerprint density at radius 3 is 2.26 bits per heavy atom. The van der Waals surface area contributed by atoms with E-state index in [1.165, 1.54) is 16.8 Å². The maximum absolute atomic E-state index is 4.70. The van der Waals surface area contributed by atoms with E-state index in [9.17, 15) is 0 Å². The zero-order valence-electron chi connectivity index (χ0n) is 15.2. The first-order chi connectivity index (χ1) is 10.9. The van der Waals surface area contributed by atoms with Gasteiger partial charge in [-0.05, 0) is 65.8 Å². The molecule has 0 amide bonds. The molecule has 0 aliphatic heterocycles. The molecule has 2 rings (SSSR count). The molecule has 0 aromatic carbocycles. The second kappa shape index (κ2) is 7.72.